The van der Waals surface area contributed by atoms with Gasteiger partial charge in [0.25, 0.3) is 0 Å². The van der Waals surface area contributed by atoms with Crippen molar-refractivity contribution in [3.63, 3.8) is 0 Å². The van der Waals surface area contributed by atoms with E-state index < -0.39 is 9.84 Å². The van der Waals surface area contributed by atoms with Crippen molar-refractivity contribution >= 4 is 9.84 Å². The van der Waals surface area contributed by atoms with Gasteiger partial charge in [0.1, 0.15) is 11.6 Å². The molecule has 0 saturated heterocycles. The zero-order valence-electron chi connectivity index (χ0n) is 9.73. The van der Waals surface area contributed by atoms with Gasteiger partial charge >= 0.3 is 0 Å². The van der Waals surface area contributed by atoms with Crippen LogP contribution in [0.2, 0.25) is 0 Å². The van der Waals surface area contributed by atoms with Gasteiger partial charge < -0.3 is 10.1 Å². The lowest BCUT2D eigenvalue weighted by molar-refractivity contribution is 0.242. The summed E-state index contributed by atoms with van der Waals surface area (Å²) in [6.45, 7) is 3.84. The lowest BCUT2D eigenvalue weighted by atomic mass is 10.3. The molecule has 1 N–H and O–H groups in total. The molecule has 0 radical (unpaired) electrons. The third-order valence-corrected chi connectivity index (χ3v) is 3.55. The predicted octanol–water partition coefficient (Wildman–Crippen LogP) is 1.42. The topological polar surface area (TPSA) is 55.4 Å². The van der Waals surface area contributed by atoms with E-state index in [-0.39, 0.29) is 12.0 Å². The molecule has 0 atom stereocenters. The van der Waals surface area contributed by atoms with Gasteiger partial charge in [-0.3, -0.25) is 0 Å². The first kappa shape index (κ1) is 13.0. The average molecular weight is 243 g/mol. The molecule has 0 amide bonds. The van der Waals surface area contributed by atoms with Crippen LogP contribution in [0.3, 0.4) is 0 Å². The van der Waals surface area contributed by atoms with Gasteiger partial charge in [-0.15, -0.1) is 0 Å². The highest BCUT2D eigenvalue weighted by Gasteiger charge is 2.12. The first-order valence-corrected chi connectivity index (χ1v) is 6.75. The molecule has 0 bridgehead atoms. The summed E-state index contributed by atoms with van der Waals surface area (Å²) in [5, 5.41) is 2.63. The molecule has 0 unspecified atom stereocenters. The Labute approximate surface area is 96.5 Å². The largest absolute Gasteiger partial charge is 0.491 e. The number of hydrogen-bond acceptors (Lipinski definition) is 4. The molecule has 0 heterocycles. The van der Waals surface area contributed by atoms with E-state index in [1.807, 2.05) is 13.8 Å². The third-order valence-electron chi connectivity index (χ3n) is 1.89. The summed E-state index contributed by atoms with van der Waals surface area (Å²) < 4.78 is 28.8. The Morgan fingerprint density at radius 1 is 1.25 bits per heavy atom. The van der Waals surface area contributed by atoms with Crippen molar-refractivity contribution in [1.82, 2.24) is 5.32 Å². The Morgan fingerprint density at radius 2 is 1.81 bits per heavy atom. The van der Waals surface area contributed by atoms with Gasteiger partial charge in [-0.1, -0.05) is 0 Å². The summed E-state index contributed by atoms with van der Waals surface area (Å²) in [5.41, 5.74) is 0. The Kier molecular flexibility index (Phi) is 4.32. The predicted molar refractivity (Wildman–Crippen MR) is 63.3 cm³/mol. The molecule has 0 fully saturated rings. The second kappa shape index (κ2) is 5.32. The number of sulfone groups is 1. The van der Waals surface area contributed by atoms with Crippen LogP contribution in [0.15, 0.2) is 29.2 Å². The van der Waals surface area contributed by atoms with Gasteiger partial charge in [-0.25, -0.2) is 8.42 Å². The minimum absolute atomic E-state index is 0.0582. The number of rotatable bonds is 5. The van der Waals surface area contributed by atoms with Crippen LogP contribution in [-0.2, 0) is 9.84 Å². The quantitative estimate of drug-likeness (QED) is 0.850. The minimum atomic E-state index is -3.22. The van der Waals surface area contributed by atoms with E-state index in [9.17, 15) is 8.42 Å². The minimum Gasteiger partial charge on any atom is -0.491 e. The lowest BCUT2D eigenvalue weighted by Crippen LogP contribution is -2.19. The molecule has 0 spiro atoms. The number of nitrogens with one attached hydrogen (secondary N) is 1. The molecule has 4 nitrogen and oxygen atoms in total. The van der Waals surface area contributed by atoms with E-state index in [0.717, 1.165) is 0 Å². The second-order valence-corrected chi connectivity index (χ2v) is 5.74. The van der Waals surface area contributed by atoms with Crippen molar-refractivity contribution in [1.29, 1.82) is 0 Å². The zero-order valence-corrected chi connectivity index (χ0v) is 10.5. The standard InChI is InChI=1S/C11H17NO3S/c1-9(2)15-10-4-6-11(7-5-10)16(13,14)8-12-3/h4-7,9,12H,8H2,1-3H3. The molecule has 0 saturated carbocycles. The highest BCUT2D eigenvalue weighted by molar-refractivity contribution is 7.91. The molecule has 0 aliphatic carbocycles. The van der Waals surface area contributed by atoms with Gasteiger partial charge in [0.15, 0.2) is 9.84 Å². The van der Waals surface area contributed by atoms with E-state index in [1.54, 1.807) is 31.3 Å². The SMILES string of the molecule is CNCS(=O)(=O)c1ccc(OC(C)C)cc1. The fourth-order valence-corrected chi connectivity index (χ4v) is 2.37. The van der Waals surface area contributed by atoms with E-state index in [2.05, 4.69) is 5.32 Å². The molecule has 5 heteroatoms. The van der Waals surface area contributed by atoms with Gasteiger partial charge in [-0.2, -0.15) is 0 Å². The maximum absolute atomic E-state index is 11.7. The molecule has 1 aromatic carbocycles. The maximum Gasteiger partial charge on any atom is 0.191 e. The second-order valence-electron chi connectivity index (χ2n) is 3.75. The molecule has 0 aliphatic rings. The van der Waals surface area contributed by atoms with Gasteiger partial charge in [0.2, 0.25) is 0 Å². The summed E-state index contributed by atoms with van der Waals surface area (Å²) in [4.78, 5) is 0.304. The molecular formula is C11H17NO3S. The van der Waals surface area contributed by atoms with Crippen LogP contribution in [0.25, 0.3) is 0 Å². The molecular weight excluding hydrogens is 226 g/mol. The van der Waals surface area contributed by atoms with Crippen LogP contribution in [0.1, 0.15) is 13.8 Å². The lowest BCUT2D eigenvalue weighted by Gasteiger charge is -2.10. The Hall–Kier alpha value is -1.07. The summed E-state index contributed by atoms with van der Waals surface area (Å²) >= 11 is 0. The molecule has 0 aliphatic heterocycles. The van der Waals surface area contributed by atoms with Crippen molar-refractivity contribution in [2.45, 2.75) is 24.8 Å². The van der Waals surface area contributed by atoms with Crippen LogP contribution in [0.4, 0.5) is 0 Å². The van der Waals surface area contributed by atoms with Gasteiger partial charge in [0.05, 0.1) is 11.0 Å². The summed E-state index contributed by atoms with van der Waals surface area (Å²) in [6, 6.07) is 6.46. The molecule has 0 aromatic heterocycles. The zero-order chi connectivity index (χ0) is 12.2. The van der Waals surface area contributed by atoms with Crippen LogP contribution in [0, 0.1) is 0 Å². The highest BCUT2D eigenvalue weighted by atomic mass is 32.2. The van der Waals surface area contributed by atoms with Crippen LogP contribution < -0.4 is 10.1 Å². The Morgan fingerprint density at radius 3 is 2.25 bits per heavy atom. The van der Waals surface area contributed by atoms with E-state index >= 15 is 0 Å². The number of ether oxygens (including phenoxy) is 1. The summed E-state index contributed by atoms with van der Waals surface area (Å²) in [6.07, 6.45) is 0.0831. The van der Waals surface area contributed by atoms with Gasteiger partial charge in [-0.05, 0) is 45.2 Å². The molecule has 90 valence electrons. The van der Waals surface area contributed by atoms with E-state index in [4.69, 9.17) is 4.74 Å². The van der Waals surface area contributed by atoms with Crippen LogP contribution in [0.5, 0.6) is 5.75 Å². The average Bonchev–Trinajstić information content (AvgIpc) is 2.17. The van der Waals surface area contributed by atoms with Crippen molar-refractivity contribution in [2.24, 2.45) is 0 Å². The first-order valence-electron chi connectivity index (χ1n) is 5.10. The Balaban J connectivity index is 2.87. The highest BCUT2D eigenvalue weighted by Crippen LogP contribution is 2.17. The normalized spacial score (nSPS) is 11.8. The van der Waals surface area contributed by atoms with Crippen molar-refractivity contribution in [3.8, 4) is 5.75 Å². The maximum atomic E-state index is 11.7. The molecule has 1 aromatic rings. The molecule has 1 rings (SSSR count). The Bertz CT molecular complexity index is 423. The third kappa shape index (κ3) is 3.50. The van der Waals surface area contributed by atoms with Crippen molar-refractivity contribution in [3.05, 3.63) is 24.3 Å². The van der Waals surface area contributed by atoms with Crippen LogP contribution in [-0.4, -0.2) is 27.4 Å². The fourth-order valence-electron chi connectivity index (χ4n) is 1.27. The van der Waals surface area contributed by atoms with Crippen LogP contribution >= 0.6 is 0 Å². The van der Waals surface area contributed by atoms with E-state index in [1.165, 1.54) is 0 Å². The fraction of sp³-hybridized carbons (Fsp3) is 0.455. The smallest absolute Gasteiger partial charge is 0.191 e. The monoisotopic (exact) mass is 243 g/mol. The summed E-state index contributed by atoms with van der Waals surface area (Å²) in [7, 11) is -1.62. The van der Waals surface area contributed by atoms with Crippen molar-refractivity contribution in [2.75, 3.05) is 12.9 Å². The summed E-state index contributed by atoms with van der Waals surface area (Å²) in [5.74, 6) is 0.621. The first-order chi connectivity index (χ1) is 7.45. The number of benzene rings is 1. The number of hydrogen-bond donors (Lipinski definition) is 1. The van der Waals surface area contributed by atoms with E-state index in [0.29, 0.717) is 10.6 Å². The van der Waals surface area contributed by atoms with Gasteiger partial charge in [0, 0.05) is 0 Å². The molecule has 16 heavy (non-hydrogen) atoms. The van der Waals surface area contributed by atoms with Crippen molar-refractivity contribution < 1.29 is 13.2 Å².